The van der Waals surface area contributed by atoms with Crippen molar-refractivity contribution in [3.8, 4) is 10.7 Å². The number of ether oxygens (including phenoxy) is 1. The molecule has 4 heterocycles. The van der Waals surface area contributed by atoms with Crippen LogP contribution in [0.15, 0.2) is 35.4 Å². The number of nitrogens with zero attached hydrogens (tertiary/aromatic N) is 5. The molecule has 1 aliphatic carbocycles. The van der Waals surface area contributed by atoms with E-state index in [2.05, 4.69) is 30.3 Å². The van der Waals surface area contributed by atoms with E-state index in [1.165, 1.54) is 36.1 Å². The van der Waals surface area contributed by atoms with E-state index in [9.17, 15) is 27.9 Å². The third-order valence-electron chi connectivity index (χ3n) is 6.37. The number of aliphatic hydroxyl groups excluding tert-OH is 1. The fourth-order valence-corrected chi connectivity index (χ4v) is 5.34. The Labute approximate surface area is 227 Å². The number of carbonyl (C=O) groups is 1. The number of aliphatic hydroxyl groups is 1. The summed E-state index contributed by atoms with van der Waals surface area (Å²) < 4.78 is 69.8. The number of methoxy groups -OCH3 is 1. The molecule has 0 unspecified atom stereocenters. The van der Waals surface area contributed by atoms with Crippen molar-refractivity contribution in [1.29, 1.82) is 0 Å². The van der Waals surface area contributed by atoms with Gasteiger partial charge in [0.1, 0.15) is 27.2 Å². The van der Waals surface area contributed by atoms with E-state index in [4.69, 9.17) is 4.11 Å². The number of alkyl halides is 3. The predicted octanol–water partition coefficient (Wildman–Crippen LogP) is 3.96. The molecule has 1 amide bonds. The number of halogens is 3. The van der Waals surface area contributed by atoms with Crippen LogP contribution < -0.4 is 16.3 Å². The molecule has 2 atom stereocenters. The molecule has 4 aromatic heterocycles. The molecule has 206 valence electrons. The van der Waals surface area contributed by atoms with Gasteiger partial charge in [-0.2, -0.15) is 13.2 Å². The van der Waals surface area contributed by atoms with E-state index in [0.29, 0.717) is 46.9 Å². The molecule has 0 spiro atoms. The first-order valence-corrected chi connectivity index (χ1v) is 12.5. The van der Waals surface area contributed by atoms with Crippen molar-refractivity contribution < 1.29 is 31.9 Å². The molecular formula is C24H24F3N7O4S. The average molecular weight is 567 g/mol. The molecule has 4 aromatic rings. The number of aromatic nitrogens is 5. The van der Waals surface area contributed by atoms with Gasteiger partial charge in [0.25, 0.3) is 0 Å². The lowest BCUT2D eigenvalue weighted by atomic mass is 10.2. The SMILES string of the molecule is [2H]C([2H])([2H])n1c(=O)n([C@@H]2CC[C@@H](NC(=O)OC)C2)c2cc(Nc3cc(CO)cc(-c4ncc(C(F)(F)F)s4)n3)ncc21. The second-order valence-electron chi connectivity index (χ2n) is 8.90. The van der Waals surface area contributed by atoms with Crippen LogP contribution in [-0.4, -0.2) is 48.4 Å². The Bertz CT molecular complexity index is 1700. The topological polar surface area (TPSA) is 136 Å². The Balaban J connectivity index is 1.53. The zero-order chi connectivity index (χ0) is 30.4. The number of fused-ring (bicyclic) bond motifs is 1. The predicted molar refractivity (Wildman–Crippen MR) is 137 cm³/mol. The summed E-state index contributed by atoms with van der Waals surface area (Å²) in [6.45, 7) is -3.23. The van der Waals surface area contributed by atoms with Gasteiger partial charge in [-0.1, -0.05) is 0 Å². The van der Waals surface area contributed by atoms with Crippen molar-refractivity contribution >= 4 is 40.1 Å². The number of hydrogen-bond acceptors (Lipinski definition) is 9. The van der Waals surface area contributed by atoms with Gasteiger partial charge in [0.2, 0.25) is 0 Å². The number of aryl methyl sites for hydroxylation is 1. The summed E-state index contributed by atoms with van der Waals surface area (Å²) in [6.07, 6.45) is -1.86. The van der Waals surface area contributed by atoms with Crippen molar-refractivity contribution in [1.82, 2.24) is 29.4 Å². The Morgan fingerprint density at radius 1 is 1.23 bits per heavy atom. The van der Waals surface area contributed by atoms with E-state index in [1.54, 1.807) is 0 Å². The first-order valence-electron chi connectivity index (χ1n) is 13.2. The molecule has 1 saturated carbocycles. The quantitative estimate of drug-likeness (QED) is 0.319. The number of imidazole rings is 1. The Morgan fingerprint density at radius 3 is 2.74 bits per heavy atom. The molecule has 39 heavy (non-hydrogen) atoms. The molecule has 0 bridgehead atoms. The third-order valence-corrected chi connectivity index (χ3v) is 7.43. The molecule has 0 radical (unpaired) electrons. The number of nitrogens with one attached hydrogen (secondary N) is 2. The largest absolute Gasteiger partial charge is 0.453 e. The third kappa shape index (κ3) is 5.31. The van der Waals surface area contributed by atoms with Crippen LogP contribution in [-0.2, 0) is 24.5 Å². The zero-order valence-corrected chi connectivity index (χ0v) is 21.1. The second kappa shape index (κ2) is 10.3. The van der Waals surface area contributed by atoms with E-state index in [1.807, 2.05) is 0 Å². The fraction of sp³-hybridized carbons (Fsp3) is 0.375. The van der Waals surface area contributed by atoms with Crippen molar-refractivity contribution in [3.05, 3.63) is 51.5 Å². The Kier molecular flexibility index (Phi) is 6.06. The zero-order valence-electron chi connectivity index (χ0n) is 23.3. The number of anilines is 2. The lowest BCUT2D eigenvalue weighted by Crippen LogP contribution is -2.33. The van der Waals surface area contributed by atoms with Gasteiger partial charge >= 0.3 is 18.0 Å². The molecule has 1 fully saturated rings. The Morgan fingerprint density at radius 2 is 2.05 bits per heavy atom. The summed E-state index contributed by atoms with van der Waals surface area (Å²) in [4.78, 5) is 36.6. The van der Waals surface area contributed by atoms with Crippen LogP contribution >= 0.6 is 11.3 Å². The summed E-state index contributed by atoms with van der Waals surface area (Å²) >= 11 is 0.405. The second-order valence-corrected chi connectivity index (χ2v) is 9.93. The van der Waals surface area contributed by atoms with Gasteiger partial charge in [0.05, 0.1) is 37.1 Å². The first-order chi connectivity index (χ1) is 19.8. The number of rotatable bonds is 6. The Hall–Kier alpha value is -3.98. The maximum atomic E-state index is 13.4. The minimum Gasteiger partial charge on any atom is -0.453 e. The smallest absolute Gasteiger partial charge is 0.427 e. The maximum Gasteiger partial charge on any atom is 0.427 e. The van der Waals surface area contributed by atoms with Crippen LogP contribution in [0, 0.1) is 0 Å². The van der Waals surface area contributed by atoms with Crippen LogP contribution in [0.4, 0.5) is 29.6 Å². The lowest BCUT2D eigenvalue weighted by molar-refractivity contribution is -0.134. The molecule has 3 N–H and O–H groups in total. The van der Waals surface area contributed by atoms with Crippen LogP contribution in [0.2, 0.25) is 0 Å². The summed E-state index contributed by atoms with van der Waals surface area (Å²) in [6, 6.07) is 3.63. The number of alkyl carbamates (subject to hydrolysis) is 1. The fourth-order valence-electron chi connectivity index (χ4n) is 4.59. The van der Waals surface area contributed by atoms with Gasteiger partial charge < -0.3 is 20.5 Å². The highest BCUT2D eigenvalue weighted by atomic mass is 32.1. The molecule has 11 nitrogen and oxygen atoms in total. The van der Waals surface area contributed by atoms with Crippen LogP contribution in [0.3, 0.4) is 0 Å². The van der Waals surface area contributed by atoms with E-state index < -0.39 is 42.5 Å². The molecule has 1 aliphatic rings. The normalized spacial score (nSPS) is 18.9. The summed E-state index contributed by atoms with van der Waals surface area (Å²) in [7, 11) is 1.24. The molecule has 5 rings (SSSR count). The molecule has 15 heteroatoms. The monoisotopic (exact) mass is 566 g/mol. The summed E-state index contributed by atoms with van der Waals surface area (Å²) in [5.41, 5.74) is -0.000495. The number of pyridine rings is 2. The van der Waals surface area contributed by atoms with Crippen LogP contribution in [0.25, 0.3) is 21.7 Å². The van der Waals surface area contributed by atoms with Crippen molar-refractivity contribution in [2.75, 3.05) is 12.4 Å². The van der Waals surface area contributed by atoms with Gasteiger partial charge in [-0.05, 0) is 37.0 Å². The first kappa shape index (κ1) is 23.0. The highest BCUT2D eigenvalue weighted by Gasteiger charge is 2.34. The van der Waals surface area contributed by atoms with Crippen LogP contribution in [0.5, 0.6) is 0 Å². The van der Waals surface area contributed by atoms with E-state index in [-0.39, 0.29) is 39.4 Å². The average Bonchev–Trinajstić information content (AvgIpc) is 3.65. The maximum absolute atomic E-state index is 13.4. The molecule has 0 aromatic carbocycles. The van der Waals surface area contributed by atoms with E-state index in [0.717, 1.165) is 0 Å². The van der Waals surface area contributed by atoms with Crippen molar-refractivity contribution in [2.45, 2.75) is 44.1 Å². The van der Waals surface area contributed by atoms with Gasteiger partial charge in [0, 0.05) is 29.2 Å². The summed E-state index contributed by atoms with van der Waals surface area (Å²) in [5, 5.41) is 15.4. The van der Waals surface area contributed by atoms with Gasteiger partial charge in [-0.25, -0.2) is 24.5 Å². The van der Waals surface area contributed by atoms with Crippen molar-refractivity contribution in [3.63, 3.8) is 0 Å². The highest BCUT2D eigenvalue weighted by Crippen LogP contribution is 2.37. The highest BCUT2D eigenvalue weighted by molar-refractivity contribution is 7.15. The van der Waals surface area contributed by atoms with Gasteiger partial charge in [-0.15, -0.1) is 11.3 Å². The number of amides is 1. The van der Waals surface area contributed by atoms with Crippen molar-refractivity contribution in [2.24, 2.45) is 6.98 Å². The minimum absolute atomic E-state index is 0.0102. The van der Waals surface area contributed by atoms with Gasteiger partial charge in [0.15, 0.2) is 0 Å². The minimum atomic E-state index is -4.57. The molecule has 0 aliphatic heterocycles. The number of carbonyl (C=O) groups excluding carboxylic acids is 1. The van der Waals surface area contributed by atoms with Crippen LogP contribution in [0.1, 0.15) is 39.9 Å². The number of thiazole rings is 1. The standard InChI is InChI=1S/C24H24F3N7O4S/c1-33-17-9-28-19(8-16(17)34(23(33)37)14-4-3-13(7-14)30-22(36)38-2)32-20-6-12(11-35)5-15(31-20)21-29-10-18(39-21)24(25,26)27/h5-6,8-10,13-14,35H,3-4,7,11H2,1-2H3,(H,30,36)(H,28,31,32)/t13-,14-/m1/s1/i1D3. The van der Waals surface area contributed by atoms with Gasteiger partial charge in [-0.3, -0.25) is 9.13 Å². The number of hydrogen-bond donors (Lipinski definition) is 3. The van der Waals surface area contributed by atoms with E-state index >= 15 is 0 Å². The summed E-state index contributed by atoms with van der Waals surface area (Å²) in [5.74, 6) is 0.282. The molecule has 0 saturated heterocycles. The molecular weight excluding hydrogens is 539 g/mol. The lowest BCUT2D eigenvalue weighted by Gasteiger charge is -2.14.